The highest BCUT2D eigenvalue weighted by Crippen LogP contribution is 2.26. The number of aryl methyl sites for hydroxylation is 2. The zero-order valence-corrected chi connectivity index (χ0v) is 15.2. The van der Waals surface area contributed by atoms with Gasteiger partial charge in [-0.2, -0.15) is 0 Å². The van der Waals surface area contributed by atoms with Crippen LogP contribution in [0.3, 0.4) is 0 Å². The molecule has 3 rings (SSSR count). The summed E-state index contributed by atoms with van der Waals surface area (Å²) in [7, 11) is 1.55. The minimum atomic E-state index is -0.986. The van der Waals surface area contributed by atoms with Gasteiger partial charge in [0.1, 0.15) is 5.69 Å². The summed E-state index contributed by atoms with van der Waals surface area (Å²) < 4.78 is 5.25. The lowest BCUT2D eigenvalue weighted by Crippen LogP contribution is -2.24. The highest BCUT2D eigenvalue weighted by atomic mass is 16.6. The molecule has 7 nitrogen and oxygen atoms in total. The maximum atomic E-state index is 12.6. The summed E-state index contributed by atoms with van der Waals surface area (Å²) in [5.41, 5.74) is 3.01. The Morgan fingerprint density at radius 1 is 1.11 bits per heavy atom. The molecule has 0 aromatic heterocycles. The third-order valence-corrected chi connectivity index (χ3v) is 4.74. The van der Waals surface area contributed by atoms with E-state index in [2.05, 4.69) is 5.32 Å². The van der Waals surface area contributed by atoms with Gasteiger partial charge in [-0.1, -0.05) is 12.1 Å². The van der Waals surface area contributed by atoms with E-state index >= 15 is 0 Å². The van der Waals surface area contributed by atoms with Crippen molar-refractivity contribution >= 4 is 23.1 Å². The van der Waals surface area contributed by atoms with Crippen LogP contribution in [0.15, 0.2) is 36.4 Å². The van der Waals surface area contributed by atoms with Gasteiger partial charge in [-0.15, -0.1) is 0 Å². The first-order valence-electron chi connectivity index (χ1n) is 8.74. The number of hydrogen-bond donors (Lipinski definition) is 1. The topological polar surface area (TPSA) is 98.5 Å². The third-order valence-electron chi connectivity index (χ3n) is 4.74. The van der Waals surface area contributed by atoms with Gasteiger partial charge in [0, 0.05) is 18.7 Å². The van der Waals surface area contributed by atoms with Crippen LogP contribution in [-0.2, 0) is 17.6 Å². The first-order valence-corrected chi connectivity index (χ1v) is 8.74. The van der Waals surface area contributed by atoms with Crippen molar-refractivity contribution < 1.29 is 19.2 Å². The smallest absolute Gasteiger partial charge is 0.339 e. The number of carbonyl (C=O) groups is 2. The summed E-state index contributed by atoms with van der Waals surface area (Å²) in [4.78, 5) is 35.5. The molecule has 1 aliphatic carbocycles. The molecule has 0 heterocycles. The van der Waals surface area contributed by atoms with E-state index in [4.69, 9.17) is 4.74 Å². The van der Waals surface area contributed by atoms with Gasteiger partial charge < -0.3 is 10.1 Å². The maximum absolute atomic E-state index is 12.6. The van der Waals surface area contributed by atoms with E-state index in [0.717, 1.165) is 30.9 Å². The Morgan fingerprint density at radius 2 is 1.81 bits per heavy atom. The number of nitro groups is 1. The third kappa shape index (κ3) is 3.81. The molecule has 27 heavy (non-hydrogen) atoms. The van der Waals surface area contributed by atoms with Crippen molar-refractivity contribution in [1.82, 2.24) is 0 Å². The molecule has 0 radical (unpaired) electrons. The molecule has 1 N–H and O–H groups in total. The van der Waals surface area contributed by atoms with Crippen LogP contribution in [0.5, 0.6) is 0 Å². The van der Waals surface area contributed by atoms with Crippen LogP contribution in [0.1, 0.15) is 45.2 Å². The first-order chi connectivity index (χ1) is 12.9. The van der Waals surface area contributed by atoms with Crippen LogP contribution in [0.2, 0.25) is 0 Å². The molecule has 7 heteroatoms. The first kappa shape index (κ1) is 18.6. The lowest BCUT2D eigenvalue weighted by molar-refractivity contribution is -0.384. The van der Waals surface area contributed by atoms with E-state index in [0.29, 0.717) is 11.3 Å². The zero-order chi connectivity index (χ0) is 19.6. The predicted molar refractivity (Wildman–Crippen MR) is 100 cm³/mol. The summed E-state index contributed by atoms with van der Waals surface area (Å²) in [6, 6.07) is 9.56. The normalized spacial score (nSPS) is 13.6. The van der Waals surface area contributed by atoms with Gasteiger partial charge in [-0.25, -0.2) is 4.79 Å². The van der Waals surface area contributed by atoms with Gasteiger partial charge in [-0.05, 0) is 55.5 Å². The number of ether oxygens (including phenoxy) is 1. The Balaban J connectivity index is 1.74. The largest absolute Gasteiger partial charge is 0.451 e. The van der Waals surface area contributed by atoms with Gasteiger partial charge in [0.05, 0.1) is 10.5 Å². The molecule has 0 amide bonds. The molecule has 1 unspecified atom stereocenters. The van der Waals surface area contributed by atoms with E-state index in [-0.39, 0.29) is 17.0 Å². The Bertz CT molecular complexity index is 923. The minimum Gasteiger partial charge on any atom is -0.451 e. The standard InChI is InChI=1S/C20H20N2O5/c1-12(19(23)15-7-6-13-4-3-5-14(13)10-15)27-20(24)16-8-9-17(21-2)18(11-16)22(25)26/h6-12,21H,3-5H2,1-2H3. The molecule has 0 saturated carbocycles. The van der Waals surface area contributed by atoms with Gasteiger partial charge in [-0.3, -0.25) is 14.9 Å². The number of benzene rings is 2. The van der Waals surface area contributed by atoms with Crippen LogP contribution in [-0.4, -0.2) is 29.8 Å². The fourth-order valence-corrected chi connectivity index (χ4v) is 3.26. The number of nitrogens with one attached hydrogen (secondary N) is 1. The number of hydrogen-bond acceptors (Lipinski definition) is 6. The van der Waals surface area contributed by atoms with Gasteiger partial charge in [0.2, 0.25) is 5.78 Å². The van der Waals surface area contributed by atoms with E-state index in [1.54, 1.807) is 13.1 Å². The molecule has 1 atom stereocenters. The molecule has 2 aromatic carbocycles. The lowest BCUT2D eigenvalue weighted by Gasteiger charge is -2.13. The molecular formula is C20H20N2O5. The Hall–Kier alpha value is -3.22. The van der Waals surface area contributed by atoms with Crippen molar-refractivity contribution in [2.75, 3.05) is 12.4 Å². The SMILES string of the molecule is CNc1ccc(C(=O)OC(C)C(=O)c2ccc3c(c2)CCC3)cc1[N+](=O)[O-]. The second-order valence-corrected chi connectivity index (χ2v) is 6.49. The molecule has 0 saturated heterocycles. The van der Waals surface area contributed by atoms with Crippen LogP contribution < -0.4 is 5.32 Å². The average Bonchev–Trinajstić information content (AvgIpc) is 3.14. The number of Topliss-reactive ketones (excluding diaryl/α,β-unsaturated/α-hetero) is 1. The summed E-state index contributed by atoms with van der Waals surface area (Å²) in [6.45, 7) is 1.50. The number of fused-ring (bicyclic) bond motifs is 1. The summed E-state index contributed by atoms with van der Waals surface area (Å²) in [5.74, 6) is -1.07. The van der Waals surface area contributed by atoms with Crippen molar-refractivity contribution in [3.63, 3.8) is 0 Å². The zero-order valence-electron chi connectivity index (χ0n) is 15.2. The van der Waals surface area contributed by atoms with Crippen molar-refractivity contribution in [1.29, 1.82) is 0 Å². The molecule has 1 aliphatic rings. The van der Waals surface area contributed by atoms with Crippen LogP contribution in [0, 0.1) is 10.1 Å². The Kier molecular flexibility index (Phi) is 5.21. The van der Waals surface area contributed by atoms with Gasteiger partial charge in [0.15, 0.2) is 6.10 Å². The molecule has 140 valence electrons. The molecule has 0 bridgehead atoms. The summed E-state index contributed by atoms with van der Waals surface area (Å²) in [5, 5.41) is 13.8. The summed E-state index contributed by atoms with van der Waals surface area (Å²) >= 11 is 0. The van der Waals surface area contributed by atoms with Crippen molar-refractivity contribution in [2.24, 2.45) is 0 Å². The predicted octanol–water partition coefficient (Wildman–Crippen LogP) is 3.55. The number of rotatable bonds is 6. The van der Waals surface area contributed by atoms with Crippen LogP contribution in [0.25, 0.3) is 0 Å². The van der Waals surface area contributed by atoms with Crippen LogP contribution in [0.4, 0.5) is 11.4 Å². The van der Waals surface area contributed by atoms with E-state index in [1.807, 2.05) is 12.1 Å². The number of nitrogens with zero attached hydrogens (tertiary/aromatic N) is 1. The molecule has 0 fully saturated rings. The quantitative estimate of drug-likeness (QED) is 0.362. The van der Waals surface area contributed by atoms with Crippen molar-refractivity contribution in [3.05, 3.63) is 68.8 Å². The van der Waals surface area contributed by atoms with E-state index < -0.39 is 17.0 Å². The Labute approximate surface area is 156 Å². The molecule has 2 aromatic rings. The van der Waals surface area contributed by atoms with Gasteiger partial charge >= 0.3 is 5.97 Å². The highest BCUT2D eigenvalue weighted by Gasteiger charge is 2.24. The minimum absolute atomic E-state index is 0.0225. The summed E-state index contributed by atoms with van der Waals surface area (Å²) in [6.07, 6.45) is 2.07. The van der Waals surface area contributed by atoms with Crippen molar-refractivity contribution in [3.8, 4) is 0 Å². The van der Waals surface area contributed by atoms with E-state index in [1.165, 1.54) is 24.6 Å². The molecule has 0 spiro atoms. The van der Waals surface area contributed by atoms with Gasteiger partial charge in [0.25, 0.3) is 5.69 Å². The number of nitro benzene ring substituents is 1. The second kappa shape index (κ2) is 7.57. The lowest BCUT2D eigenvalue weighted by atomic mass is 10.0. The van der Waals surface area contributed by atoms with Crippen molar-refractivity contribution in [2.45, 2.75) is 32.3 Å². The number of carbonyl (C=O) groups excluding carboxylic acids is 2. The Morgan fingerprint density at radius 3 is 2.52 bits per heavy atom. The second-order valence-electron chi connectivity index (χ2n) is 6.49. The fourth-order valence-electron chi connectivity index (χ4n) is 3.26. The fraction of sp³-hybridized carbons (Fsp3) is 0.300. The maximum Gasteiger partial charge on any atom is 0.339 e. The highest BCUT2D eigenvalue weighted by molar-refractivity contribution is 6.01. The number of anilines is 1. The number of ketones is 1. The van der Waals surface area contributed by atoms with Crippen LogP contribution >= 0.6 is 0 Å². The monoisotopic (exact) mass is 368 g/mol. The average molecular weight is 368 g/mol. The number of esters is 1. The molecule has 0 aliphatic heterocycles. The molecular weight excluding hydrogens is 348 g/mol. The van der Waals surface area contributed by atoms with E-state index in [9.17, 15) is 19.7 Å².